The molecule has 3 heteroatoms. The van der Waals surface area contributed by atoms with Crippen LogP contribution in [-0.2, 0) is 9.63 Å². The van der Waals surface area contributed by atoms with E-state index in [2.05, 4.69) is 5.48 Å². The molecule has 0 unspecified atom stereocenters. The van der Waals surface area contributed by atoms with Crippen LogP contribution in [0, 0.1) is 0 Å². The highest BCUT2D eigenvalue weighted by atomic mass is 16.7. The van der Waals surface area contributed by atoms with E-state index < -0.39 is 0 Å². The summed E-state index contributed by atoms with van der Waals surface area (Å²) in [4.78, 5) is 15.3. The Morgan fingerprint density at radius 3 is 2.50 bits per heavy atom. The Morgan fingerprint density at radius 1 is 1.75 bits per heavy atom. The van der Waals surface area contributed by atoms with Gasteiger partial charge in [-0.15, -0.1) is 0 Å². The maximum absolute atomic E-state index is 10.4. The van der Waals surface area contributed by atoms with Gasteiger partial charge in [-0.1, -0.05) is 0 Å². The number of hydroxylamine groups is 1. The summed E-state index contributed by atoms with van der Waals surface area (Å²) >= 11 is 0. The highest BCUT2D eigenvalue weighted by molar-refractivity contribution is 5.77. The van der Waals surface area contributed by atoms with Gasteiger partial charge in [0.15, 0.2) is 0 Å². The normalized spacial score (nSPS) is 25.5. The van der Waals surface area contributed by atoms with Crippen LogP contribution in [0.2, 0.25) is 0 Å². The molecule has 0 spiro atoms. The second kappa shape index (κ2) is 1.45. The van der Waals surface area contributed by atoms with E-state index in [1.807, 2.05) is 13.8 Å². The first-order chi connectivity index (χ1) is 3.60. The second-order valence-corrected chi connectivity index (χ2v) is 2.56. The van der Waals surface area contributed by atoms with Crippen LogP contribution in [0.4, 0.5) is 0 Å². The smallest absolute Gasteiger partial charge is 0.246 e. The van der Waals surface area contributed by atoms with Crippen LogP contribution in [0.15, 0.2) is 0 Å². The maximum Gasteiger partial charge on any atom is 0.246 e. The third-order valence-corrected chi connectivity index (χ3v) is 1.03. The summed E-state index contributed by atoms with van der Waals surface area (Å²) in [6, 6.07) is 0. The first kappa shape index (κ1) is 5.56. The molecule has 46 valence electrons. The topological polar surface area (TPSA) is 38.3 Å². The summed E-state index contributed by atoms with van der Waals surface area (Å²) in [5.41, 5.74) is 1.98. The van der Waals surface area contributed by atoms with Crippen molar-refractivity contribution in [2.75, 3.05) is 0 Å². The Hall–Kier alpha value is -0.570. The molecule has 1 amide bonds. The first-order valence-corrected chi connectivity index (χ1v) is 2.57. The average molecular weight is 115 g/mol. The summed E-state index contributed by atoms with van der Waals surface area (Å²) in [5.74, 6) is -0.0324. The van der Waals surface area contributed by atoms with E-state index in [1.54, 1.807) is 0 Å². The predicted molar refractivity (Wildman–Crippen MR) is 27.9 cm³/mol. The fourth-order valence-electron chi connectivity index (χ4n) is 0.654. The van der Waals surface area contributed by atoms with Crippen molar-refractivity contribution in [1.82, 2.24) is 5.48 Å². The number of hydrogen-bond acceptors (Lipinski definition) is 2. The second-order valence-electron chi connectivity index (χ2n) is 2.56. The minimum Gasteiger partial charge on any atom is -0.273 e. The number of hydrogen-bond donors (Lipinski definition) is 1. The van der Waals surface area contributed by atoms with E-state index >= 15 is 0 Å². The van der Waals surface area contributed by atoms with E-state index in [9.17, 15) is 4.79 Å². The van der Waals surface area contributed by atoms with Gasteiger partial charge in [0.25, 0.3) is 0 Å². The molecule has 1 saturated heterocycles. The van der Waals surface area contributed by atoms with Crippen molar-refractivity contribution in [3.63, 3.8) is 0 Å². The van der Waals surface area contributed by atoms with Crippen LogP contribution in [0.5, 0.6) is 0 Å². The van der Waals surface area contributed by atoms with Crippen LogP contribution in [0.3, 0.4) is 0 Å². The highest BCUT2D eigenvalue weighted by Gasteiger charge is 2.30. The van der Waals surface area contributed by atoms with Crippen molar-refractivity contribution in [2.24, 2.45) is 0 Å². The van der Waals surface area contributed by atoms with Gasteiger partial charge in [0.2, 0.25) is 5.91 Å². The molecule has 0 atom stereocenters. The molecule has 1 aliphatic rings. The Balaban J connectivity index is 2.56. The number of nitrogens with one attached hydrogen (secondary N) is 1. The van der Waals surface area contributed by atoms with Crippen LogP contribution in [-0.4, -0.2) is 11.5 Å². The number of carbonyl (C=O) groups excluding carboxylic acids is 1. The molecule has 1 fully saturated rings. The third kappa shape index (κ3) is 0.980. The van der Waals surface area contributed by atoms with Crippen LogP contribution >= 0.6 is 0 Å². The van der Waals surface area contributed by atoms with Crippen molar-refractivity contribution in [2.45, 2.75) is 25.9 Å². The molecule has 1 N–H and O–H groups in total. The van der Waals surface area contributed by atoms with Gasteiger partial charge in [0, 0.05) is 0 Å². The summed E-state index contributed by atoms with van der Waals surface area (Å²) < 4.78 is 0. The molecule has 0 aromatic heterocycles. The molecular formula is C5H9NO2. The summed E-state index contributed by atoms with van der Waals surface area (Å²) in [7, 11) is 0. The van der Waals surface area contributed by atoms with Crippen LogP contribution < -0.4 is 5.48 Å². The Morgan fingerprint density at radius 2 is 2.38 bits per heavy atom. The van der Waals surface area contributed by atoms with Gasteiger partial charge >= 0.3 is 0 Å². The SMILES string of the molecule is CC1(C)CC(=O)NO1. The molecule has 3 nitrogen and oxygen atoms in total. The fraction of sp³-hybridized carbons (Fsp3) is 0.800. The van der Waals surface area contributed by atoms with E-state index in [-0.39, 0.29) is 11.5 Å². The molecule has 1 aliphatic heterocycles. The van der Waals surface area contributed by atoms with Crippen LogP contribution in [0.25, 0.3) is 0 Å². The minimum atomic E-state index is -0.295. The zero-order valence-corrected chi connectivity index (χ0v) is 5.02. The first-order valence-electron chi connectivity index (χ1n) is 2.57. The molecule has 1 rings (SSSR count). The van der Waals surface area contributed by atoms with Crippen molar-refractivity contribution >= 4 is 5.91 Å². The van der Waals surface area contributed by atoms with E-state index in [1.165, 1.54) is 0 Å². The standard InChI is InChI=1S/C5H9NO2/c1-5(2)3-4(7)6-8-5/h3H2,1-2H3,(H,6,7). The molecule has 1 heterocycles. The molecule has 0 radical (unpaired) electrons. The van der Waals surface area contributed by atoms with Gasteiger partial charge in [-0.2, -0.15) is 0 Å². The summed E-state index contributed by atoms with van der Waals surface area (Å²) in [5, 5.41) is 0. The van der Waals surface area contributed by atoms with E-state index in [0.717, 1.165) is 0 Å². The molecule has 8 heavy (non-hydrogen) atoms. The fourth-order valence-corrected chi connectivity index (χ4v) is 0.654. The summed E-state index contributed by atoms with van der Waals surface area (Å²) in [6.45, 7) is 3.73. The summed E-state index contributed by atoms with van der Waals surface area (Å²) in [6.07, 6.45) is 0.465. The van der Waals surface area contributed by atoms with Crippen molar-refractivity contribution in [1.29, 1.82) is 0 Å². The van der Waals surface area contributed by atoms with E-state index in [4.69, 9.17) is 4.84 Å². The lowest BCUT2D eigenvalue weighted by Crippen LogP contribution is -2.19. The zero-order valence-electron chi connectivity index (χ0n) is 5.02. The van der Waals surface area contributed by atoms with Crippen molar-refractivity contribution in [3.8, 4) is 0 Å². The molecule has 0 aliphatic carbocycles. The van der Waals surface area contributed by atoms with Gasteiger partial charge < -0.3 is 0 Å². The van der Waals surface area contributed by atoms with Gasteiger partial charge in [-0.3, -0.25) is 9.63 Å². The number of rotatable bonds is 0. The zero-order chi connectivity index (χ0) is 6.20. The van der Waals surface area contributed by atoms with E-state index in [0.29, 0.717) is 6.42 Å². The lowest BCUT2D eigenvalue weighted by molar-refractivity contribution is -0.125. The van der Waals surface area contributed by atoms with Gasteiger partial charge in [-0.25, -0.2) is 5.48 Å². The average Bonchev–Trinajstić information content (AvgIpc) is 1.82. The quantitative estimate of drug-likeness (QED) is 0.490. The molecule has 0 bridgehead atoms. The van der Waals surface area contributed by atoms with Crippen molar-refractivity contribution < 1.29 is 9.63 Å². The maximum atomic E-state index is 10.4. The molecule has 0 aromatic carbocycles. The Bertz CT molecular complexity index is 120. The van der Waals surface area contributed by atoms with Gasteiger partial charge in [-0.05, 0) is 13.8 Å². The lowest BCUT2D eigenvalue weighted by Gasteiger charge is -2.10. The highest BCUT2D eigenvalue weighted by Crippen LogP contribution is 2.17. The number of amides is 1. The molecule has 0 aromatic rings. The molecule has 0 saturated carbocycles. The molecular weight excluding hydrogens is 106 g/mol. The van der Waals surface area contributed by atoms with Crippen molar-refractivity contribution in [3.05, 3.63) is 0 Å². The Labute approximate surface area is 48.0 Å². The number of carbonyl (C=O) groups is 1. The van der Waals surface area contributed by atoms with Gasteiger partial charge in [0.05, 0.1) is 12.0 Å². The third-order valence-electron chi connectivity index (χ3n) is 1.03. The minimum absolute atomic E-state index is 0.0324. The predicted octanol–water partition coefficient (Wildman–Crippen LogP) is 0.216. The Kier molecular flexibility index (Phi) is 1.01. The largest absolute Gasteiger partial charge is 0.273 e. The lowest BCUT2D eigenvalue weighted by atomic mass is 10.1. The van der Waals surface area contributed by atoms with Crippen LogP contribution in [0.1, 0.15) is 20.3 Å². The van der Waals surface area contributed by atoms with Gasteiger partial charge in [0.1, 0.15) is 0 Å². The monoisotopic (exact) mass is 115 g/mol.